The number of rotatable bonds is 4. The van der Waals surface area contributed by atoms with Crippen molar-refractivity contribution in [3.05, 3.63) is 163 Å². The molecular formula is C49H33BN2O2S2. The number of benzene rings is 7. The van der Waals surface area contributed by atoms with Gasteiger partial charge in [-0.1, -0.05) is 78.9 Å². The molecule has 3 aliphatic heterocycles. The van der Waals surface area contributed by atoms with E-state index >= 15 is 0 Å². The highest BCUT2D eigenvalue weighted by Gasteiger charge is 2.44. The van der Waals surface area contributed by atoms with E-state index in [0.717, 1.165) is 28.6 Å². The van der Waals surface area contributed by atoms with E-state index in [-0.39, 0.29) is 6.71 Å². The highest BCUT2D eigenvalue weighted by molar-refractivity contribution is 7.22. The Balaban J connectivity index is 1.13. The fourth-order valence-electron chi connectivity index (χ4n) is 9.00. The van der Waals surface area contributed by atoms with Gasteiger partial charge < -0.3 is 19.3 Å². The summed E-state index contributed by atoms with van der Waals surface area (Å²) in [5, 5.41) is 2.55. The van der Waals surface area contributed by atoms with Gasteiger partial charge in [0.2, 0.25) is 0 Å². The summed E-state index contributed by atoms with van der Waals surface area (Å²) in [6, 6.07) is 58.2. The van der Waals surface area contributed by atoms with Gasteiger partial charge in [-0.2, -0.15) is 0 Å². The van der Waals surface area contributed by atoms with Crippen LogP contribution in [0.3, 0.4) is 0 Å². The first kappa shape index (κ1) is 32.0. The molecule has 0 fully saturated rings. The lowest BCUT2D eigenvalue weighted by atomic mass is 9.33. The molecule has 266 valence electrons. The van der Waals surface area contributed by atoms with Crippen molar-refractivity contribution in [3.63, 3.8) is 0 Å². The van der Waals surface area contributed by atoms with Crippen molar-refractivity contribution < 1.29 is 9.47 Å². The van der Waals surface area contributed by atoms with Gasteiger partial charge in [0.1, 0.15) is 13.2 Å². The second-order valence-electron chi connectivity index (χ2n) is 14.8. The van der Waals surface area contributed by atoms with E-state index < -0.39 is 0 Å². The van der Waals surface area contributed by atoms with Gasteiger partial charge in [0.15, 0.2) is 11.5 Å². The summed E-state index contributed by atoms with van der Waals surface area (Å²) < 4.78 is 15.1. The maximum Gasteiger partial charge on any atom is 0.252 e. The van der Waals surface area contributed by atoms with Crippen LogP contribution in [0.15, 0.2) is 158 Å². The number of hydrogen-bond donors (Lipinski definition) is 0. The molecule has 0 atom stereocenters. The zero-order valence-electron chi connectivity index (χ0n) is 30.5. The molecule has 0 saturated heterocycles. The lowest BCUT2D eigenvalue weighted by molar-refractivity contribution is 0.172. The van der Waals surface area contributed by atoms with Gasteiger partial charge in [-0.3, -0.25) is 0 Å². The molecule has 7 aromatic carbocycles. The molecule has 7 heteroatoms. The molecule has 0 bridgehead atoms. The Labute approximate surface area is 333 Å². The second kappa shape index (κ2) is 12.4. The van der Waals surface area contributed by atoms with Gasteiger partial charge >= 0.3 is 0 Å². The molecule has 0 amide bonds. The average molecular weight is 757 g/mol. The number of anilines is 6. The summed E-state index contributed by atoms with van der Waals surface area (Å²) in [7, 11) is 0. The molecule has 0 saturated carbocycles. The van der Waals surface area contributed by atoms with Crippen LogP contribution in [-0.2, 0) is 0 Å². The first-order valence-electron chi connectivity index (χ1n) is 19.1. The molecule has 0 aliphatic carbocycles. The Morgan fingerprint density at radius 3 is 1.77 bits per heavy atom. The van der Waals surface area contributed by atoms with Crippen LogP contribution in [-0.4, -0.2) is 19.9 Å². The highest BCUT2D eigenvalue weighted by atomic mass is 32.1. The summed E-state index contributed by atoms with van der Waals surface area (Å²) in [6.07, 6.45) is 0. The molecule has 0 unspecified atom stereocenters. The van der Waals surface area contributed by atoms with Crippen molar-refractivity contribution in [1.29, 1.82) is 0 Å². The Bertz CT molecular complexity index is 2980. The number of aryl methyl sites for hydroxylation is 1. The fourth-order valence-corrected chi connectivity index (χ4v) is 11.1. The predicted octanol–water partition coefficient (Wildman–Crippen LogP) is 11.6. The minimum Gasteiger partial charge on any atom is -0.486 e. The van der Waals surface area contributed by atoms with Crippen LogP contribution in [0, 0.1) is 6.92 Å². The van der Waals surface area contributed by atoms with E-state index in [4.69, 9.17) is 9.47 Å². The molecule has 0 N–H and O–H groups in total. The number of thiophene rings is 2. The normalized spacial score (nSPS) is 13.8. The molecule has 2 aromatic heterocycles. The summed E-state index contributed by atoms with van der Waals surface area (Å²) in [6.45, 7) is 3.28. The van der Waals surface area contributed by atoms with Crippen molar-refractivity contribution in [1.82, 2.24) is 0 Å². The summed E-state index contributed by atoms with van der Waals surface area (Å²) in [5.41, 5.74) is 14.4. The van der Waals surface area contributed by atoms with Crippen LogP contribution < -0.4 is 35.7 Å². The maximum absolute atomic E-state index is 6.29. The van der Waals surface area contributed by atoms with Crippen molar-refractivity contribution >= 4 is 100 Å². The van der Waals surface area contributed by atoms with E-state index in [0.29, 0.717) is 13.2 Å². The van der Waals surface area contributed by atoms with Crippen LogP contribution in [0.2, 0.25) is 0 Å². The summed E-state index contributed by atoms with van der Waals surface area (Å²) in [5.74, 6) is 1.60. The Hall–Kier alpha value is -6.28. The van der Waals surface area contributed by atoms with Crippen LogP contribution in [0.4, 0.5) is 34.1 Å². The third-order valence-electron chi connectivity index (χ3n) is 11.4. The minimum atomic E-state index is -0.0279. The fraction of sp³-hybridized carbons (Fsp3) is 0.0612. The van der Waals surface area contributed by atoms with Crippen LogP contribution in [0.1, 0.15) is 5.56 Å². The SMILES string of the molecule is Cc1cc2c3c(c1)N(c1ccccc1)c1cc4c(cc1B3c1ccc(-c3cc5ccccc5s3)cc1N2c1cccc(-c2cc3ccccc3s2)c1)OCCO4. The number of hydrogen-bond acceptors (Lipinski definition) is 6. The van der Waals surface area contributed by atoms with Crippen molar-refractivity contribution in [3.8, 4) is 32.4 Å². The zero-order chi connectivity index (χ0) is 36.9. The molecular weight excluding hydrogens is 723 g/mol. The summed E-state index contributed by atoms with van der Waals surface area (Å²) in [4.78, 5) is 7.49. The van der Waals surface area contributed by atoms with E-state index in [1.807, 2.05) is 22.7 Å². The predicted molar refractivity (Wildman–Crippen MR) is 238 cm³/mol. The minimum absolute atomic E-state index is 0.0279. The lowest BCUT2D eigenvalue weighted by Gasteiger charge is -2.44. The zero-order valence-corrected chi connectivity index (χ0v) is 32.2. The molecule has 0 spiro atoms. The third kappa shape index (κ3) is 4.91. The first-order valence-corrected chi connectivity index (χ1v) is 20.7. The molecule has 5 heterocycles. The average Bonchev–Trinajstić information content (AvgIpc) is 3.88. The number of nitrogens with zero attached hydrogens (tertiary/aromatic N) is 2. The highest BCUT2D eigenvalue weighted by Crippen LogP contribution is 2.48. The van der Waals surface area contributed by atoms with Gasteiger partial charge in [0.25, 0.3) is 6.71 Å². The Morgan fingerprint density at radius 1 is 0.482 bits per heavy atom. The van der Waals surface area contributed by atoms with E-state index in [9.17, 15) is 0 Å². The van der Waals surface area contributed by atoms with Crippen molar-refractivity contribution in [2.45, 2.75) is 6.92 Å². The topological polar surface area (TPSA) is 24.9 Å². The quantitative estimate of drug-likeness (QED) is 0.167. The van der Waals surface area contributed by atoms with Crippen LogP contribution in [0.5, 0.6) is 11.5 Å². The number of ether oxygens (including phenoxy) is 2. The van der Waals surface area contributed by atoms with Gasteiger partial charge in [0, 0.05) is 59.3 Å². The van der Waals surface area contributed by atoms with Gasteiger partial charge in [-0.05, 0) is 124 Å². The largest absolute Gasteiger partial charge is 0.486 e. The number of para-hydroxylation sites is 1. The molecule has 56 heavy (non-hydrogen) atoms. The first-order chi connectivity index (χ1) is 27.6. The maximum atomic E-state index is 6.29. The Kier molecular flexibility index (Phi) is 7.07. The number of fused-ring (bicyclic) bond motifs is 7. The molecule has 3 aliphatic rings. The Morgan fingerprint density at radius 2 is 1.07 bits per heavy atom. The summed E-state index contributed by atoms with van der Waals surface area (Å²) >= 11 is 3.71. The van der Waals surface area contributed by atoms with Crippen LogP contribution >= 0.6 is 22.7 Å². The van der Waals surface area contributed by atoms with Crippen molar-refractivity contribution in [2.75, 3.05) is 23.0 Å². The molecule has 12 rings (SSSR count). The standard InChI is InChI=1S/C49H33BN2O2S2/c1-30-22-41-49-42(23-30)52(36-15-9-12-31(24-36)47-26-32-10-5-7-16-45(32)55-47)39-25-34(48-27-33-11-6-8-17-46(33)56-48)18-19-37(39)50(49)38-28-43-44(54-21-20-53-43)29-40(38)51(41)35-13-3-2-4-14-35/h2-19,22-29H,20-21H2,1H3. The van der Waals surface area contributed by atoms with Gasteiger partial charge in [-0.25, -0.2) is 0 Å². The van der Waals surface area contributed by atoms with Gasteiger partial charge in [-0.15, -0.1) is 22.7 Å². The van der Waals surface area contributed by atoms with Crippen LogP contribution in [0.25, 0.3) is 41.1 Å². The monoisotopic (exact) mass is 756 g/mol. The van der Waals surface area contributed by atoms with Crippen molar-refractivity contribution in [2.24, 2.45) is 0 Å². The van der Waals surface area contributed by atoms with E-state index in [2.05, 4.69) is 174 Å². The smallest absolute Gasteiger partial charge is 0.252 e. The third-order valence-corrected chi connectivity index (χ3v) is 13.7. The second-order valence-corrected chi connectivity index (χ2v) is 17.0. The lowest BCUT2D eigenvalue weighted by Crippen LogP contribution is -2.61. The molecule has 0 radical (unpaired) electrons. The van der Waals surface area contributed by atoms with E-state index in [1.54, 1.807) is 0 Å². The van der Waals surface area contributed by atoms with E-state index in [1.165, 1.54) is 80.1 Å². The van der Waals surface area contributed by atoms with Gasteiger partial charge in [0.05, 0.1) is 0 Å². The molecule has 9 aromatic rings. The molecule has 4 nitrogen and oxygen atoms in total.